The fraction of sp³-hybridized carbons (Fsp3) is 0.500. The first-order valence-corrected chi connectivity index (χ1v) is 6.43. The number of ether oxygens (including phenoxy) is 2. The van der Waals surface area contributed by atoms with E-state index in [1.807, 2.05) is 38.1 Å². The van der Waals surface area contributed by atoms with E-state index in [-0.39, 0.29) is 12.1 Å². The van der Waals surface area contributed by atoms with Crippen molar-refractivity contribution in [3.63, 3.8) is 0 Å². The summed E-state index contributed by atoms with van der Waals surface area (Å²) in [6.07, 6.45) is 0. The molecular formula is C14H22N2O3. The van der Waals surface area contributed by atoms with E-state index in [0.717, 1.165) is 11.3 Å². The molecule has 0 spiro atoms. The number of carbonyl (C=O) groups is 1. The minimum absolute atomic E-state index is 0.0806. The second-order valence-corrected chi connectivity index (χ2v) is 4.12. The molecule has 0 saturated heterocycles. The Morgan fingerprint density at radius 1 is 1.42 bits per heavy atom. The molecule has 0 aromatic heterocycles. The molecule has 1 aromatic rings. The van der Waals surface area contributed by atoms with Crippen LogP contribution in [0.5, 0.6) is 5.75 Å². The molecule has 0 bridgehead atoms. The third-order valence-corrected chi connectivity index (χ3v) is 2.61. The minimum atomic E-state index is -0.202. The zero-order chi connectivity index (χ0) is 14.1. The third kappa shape index (κ3) is 5.61. The average molecular weight is 266 g/mol. The van der Waals surface area contributed by atoms with Crippen LogP contribution in [0.3, 0.4) is 0 Å². The standard InChI is InChI=1S/C14H22N2O3/c1-4-19-13-7-5-6-12(10-13)11(2)16-14(17)15-8-9-18-3/h5-7,10-11H,4,8-9H2,1-3H3,(H2,15,16,17). The summed E-state index contributed by atoms with van der Waals surface area (Å²) >= 11 is 0. The molecule has 106 valence electrons. The van der Waals surface area contributed by atoms with Gasteiger partial charge in [0.1, 0.15) is 5.75 Å². The van der Waals surface area contributed by atoms with Gasteiger partial charge in [0, 0.05) is 13.7 Å². The van der Waals surface area contributed by atoms with Gasteiger partial charge in [-0.3, -0.25) is 0 Å². The van der Waals surface area contributed by atoms with Crippen molar-refractivity contribution in [1.29, 1.82) is 0 Å². The maximum absolute atomic E-state index is 11.6. The molecule has 1 aromatic carbocycles. The van der Waals surface area contributed by atoms with Crippen LogP contribution in [-0.2, 0) is 4.74 Å². The van der Waals surface area contributed by atoms with Crippen molar-refractivity contribution >= 4 is 6.03 Å². The molecule has 0 heterocycles. The van der Waals surface area contributed by atoms with E-state index in [1.54, 1.807) is 7.11 Å². The Hall–Kier alpha value is -1.75. The lowest BCUT2D eigenvalue weighted by Crippen LogP contribution is -2.38. The van der Waals surface area contributed by atoms with Gasteiger partial charge in [-0.1, -0.05) is 12.1 Å². The average Bonchev–Trinajstić information content (AvgIpc) is 2.39. The first-order valence-electron chi connectivity index (χ1n) is 6.43. The topological polar surface area (TPSA) is 59.6 Å². The second kappa shape index (κ2) is 8.37. The van der Waals surface area contributed by atoms with Gasteiger partial charge in [0.2, 0.25) is 0 Å². The quantitative estimate of drug-likeness (QED) is 0.743. The fourth-order valence-corrected chi connectivity index (χ4v) is 1.64. The van der Waals surface area contributed by atoms with E-state index in [2.05, 4.69) is 10.6 Å². The highest BCUT2D eigenvalue weighted by molar-refractivity contribution is 5.74. The van der Waals surface area contributed by atoms with Crippen molar-refractivity contribution in [2.75, 3.05) is 26.9 Å². The van der Waals surface area contributed by atoms with Crippen molar-refractivity contribution in [2.24, 2.45) is 0 Å². The number of urea groups is 1. The lowest BCUT2D eigenvalue weighted by Gasteiger charge is -2.16. The van der Waals surface area contributed by atoms with Gasteiger partial charge in [0.15, 0.2) is 0 Å². The number of nitrogens with one attached hydrogen (secondary N) is 2. The normalized spacial score (nSPS) is 11.7. The van der Waals surface area contributed by atoms with Crippen LogP contribution in [0.25, 0.3) is 0 Å². The summed E-state index contributed by atoms with van der Waals surface area (Å²) < 4.78 is 10.3. The SMILES string of the molecule is CCOc1cccc(C(C)NC(=O)NCCOC)c1. The molecule has 0 radical (unpaired) electrons. The smallest absolute Gasteiger partial charge is 0.315 e. The Bertz CT molecular complexity index is 396. The molecule has 0 aliphatic carbocycles. The summed E-state index contributed by atoms with van der Waals surface area (Å²) in [5.41, 5.74) is 1.01. The van der Waals surface area contributed by atoms with Crippen LogP contribution in [0.1, 0.15) is 25.5 Å². The summed E-state index contributed by atoms with van der Waals surface area (Å²) in [5.74, 6) is 0.813. The van der Waals surface area contributed by atoms with Crippen LogP contribution in [0, 0.1) is 0 Å². The van der Waals surface area contributed by atoms with E-state index in [0.29, 0.717) is 19.8 Å². The van der Waals surface area contributed by atoms with Crippen LogP contribution in [0.4, 0.5) is 4.79 Å². The number of rotatable bonds is 7. The predicted molar refractivity (Wildman–Crippen MR) is 74.4 cm³/mol. The summed E-state index contributed by atoms with van der Waals surface area (Å²) in [7, 11) is 1.60. The van der Waals surface area contributed by atoms with Crippen LogP contribution in [0.15, 0.2) is 24.3 Å². The highest BCUT2D eigenvalue weighted by Crippen LogP contribution is 2.18. The van der Waals surface area contributed by atoms with Crippen molar-refractivity contribution < 1.29 is 14.3 Å². The van der Waals surface area contributed by atoms with Gasteiger partial charge in [-0.05, 0) is 31.5 Å². The van der Waals surface area contributed by atoms with E-state index in [9.17, 15) is 4.79 Å². The lowest BCUT2D eigenvalue weighted by molar-refractivity contribution is 0.195. The molecule has 19 heavy (non-hydrogen) atoms. The fourth-order valence-electron chi connectivity index (χ4n) is 1.64. The molecule has 0 aliphatic heterocycles. The Balaban J connectivity index is 2.50. The molecule has 0 fully saturated rings. The lowest BCUT2D eigenvalue weighted by atomic mass is 10.1. The maximum atomic E-state index is 11.6. The molecular weight excluding hydrogens is 244 g/mol. The van der Waals surface area contributed by atoms with Gasteiger partial charge in [0.25, 0.3) is 0 Å². The summed E-state index contributed by atoms with van der Waals surface area (Å²) in [5, 5.41) is 5.58. The van der Waals surface area contributed by atoms with Crippen molar-refractivity contribution in [3.05, 3.63) is 29.8 Å². The predicted octanol–water partition coefficient (Wildman–Crippen LogP) is 2.09. The molecule has 2 amide bonds. The maximum Gasteiger partial charge on any atom is 0.315 e. The number of benzene rings is 1. The van der Waals surface area contributed by atoms with E-state index in [1.165, 1.54) is 0 Å². The van der Waals surface area contributed by atoms with E-state index in [4.69, 9.17) is 9.47 Å². The van der Waals surface area contributed by atoms with Crippen molar-refractivity contribution in [3.8, 4) is 5.75 Å². The van der Waals surface area contributed by atoms with Gasteiger partial charge in [0.05, 0.1) is 19.3 Å². The van der Waals surface area contributed by atoms with Crippen molar-refractivity contribution in [1.82, 2.24) is 10.6 Å². The van der Waals surface area contributed by atoms with Gasteiger partial charge in [-0.25, -0.2) is 4.79 Å². The number of methoxy groups -OCH3 is 1. The first kappa shape index (κ1) is 15.3. The molecule has 1 unspecified atom stereocenters. The van der Waals surface area contributed by atoms with Gasteiger partial charge >= 0.3 is 6.03 Å². The zero-order valence-electron chi connectivity index (χ0n) is 11.7. The molecule has 0 saturated carbocycles. The Kier molecular flexibility index (Phi) is 6.74. The monoisotopic (exact) mass is 266 g/mol. The van der Waals surface area contributed by atoms with Crippen LogP contribution in [0.2, 0.25) is 0 Å². The highest BCUT2D eigenvalue weighted by atomic mass is 16.5. The Labute approximate surface area is 114 Å². The van der Waals surface area contributed by atoms with Crippen LogP contribution < -0.4 is 15.4 Å². The number of amides is 2. The molecule has 0 aliphatic rings. The molecule has 2 N–H and O–H groups in total. The third-order valence-electron chi connectivity index (χ3n) is 2.61. The number of hydrogen-bond acceptors (Lipinski definition) is 3. The second-order valence-electron chi connectivity index (χ2n) is 4.12. The Morgan fingerprint density at radius 3 is 2.89 bits per heavy atom. The zero-order valence-corrected chi connectivity index (χ0v) is 11.7. The highest BCUT2D eigenvalue weighted by Gasteiger charge is 2.09. The summed E-state index contributed by atoms with van der Waals surface area (Å²) in [6, 6.07) is 7.43. The molecule has 5 nitrogen and oxygen atoms in total. The van der Waals surface area contributed by atoms with Crippen LogP contribution >= 0.6 is 0 Å². The van der Waals surface area contributed by atoms with Crippen LogP contribution in [-0.4, -0.2) is 32.9 Å². The number of hydrogen-bond donors (Lipinski definition) is 2. The largest absolute Gasteiger partial charge is 0.494 e. The van der Waals surface area contributed by atoms with Gasteiger partial charge < -0.3 is 20.1 Å². The van der Waals surface area contributed by atoms with Crippen molar-refractivity contribution in [2.45, 2.75) is 19.9 Å². The summed E-state index contributed by atoms with van der Waals surface area (Å²) in [4.78, 5) is 11.6. The molecule has 5 heteroatoms. The van der Waals surface area contributed by atoms with Gasteiger partial charge in [-0.15, -0.1) is 0 Å². The van der Waals surface area contributed by atoms with E-state index >= 15 is 0 Å². The minimum Gasteiger partial charge on any atom is -0.494 e. The Morgan fingerprint density at radius 2 is 2.21 bits per heavy atom. The summed E-state index contributed by atoms with van der Waals surface area (Å²) in [6.45, 7) is 5.50. The van der Waals surface area contributed by atoms with E-state index < -0.39 is 0 Å². The molecule has 1 atom stereocenters. The molecule has 1 rings (SSSR count). The van der Waals surface area contributed by atoms with Gasteiger partial charge in [-0.2, -0.15) is 0 Å². The number of carbonyl (C=O) groups excluding carboxylic acids is 1. The first-order chi connectivity index (χ1) is 9.17.